The molecule has 1 heterocycles. The smallest absolute Gasteiger partial charge is 0.280 e. The molecule has 23 heavy (non-hydrogen) atoms. The van der Waals surface area contributed by atoms with E-state index in [4.69, 9.17) is 17.3 Å². The molecule has 1 aromatic heterocycles. The normalized spacial score (nSPS) is 10.5. The molecular weight excluding hydrogens is 310 g/mol. The van der Waals surface area contributed by atoms with Crippen LogP contribution >= 0.6 is 11.6 Å². The van der Waals surface area contributed by atoms with E-state index in [1.807, 2.05) is 42.5 Å². The molecule has 0 unspecified atom stereocenters. The number of nitrogens with zero attached hydrogens (tertiary/aromatic N) is 1. The van der Waals surface area contributed by atoms with Crippen molar-refractivity contribution in [2.45, 2.75) is 6.54 Å². The molecule has 0 radical (unpaired) electrons. The summed E-state index contributed by atoms with van der Waals surface area (Å²) >= 11 is 6.18. The number of hydrogen-bond donors (Lipinski definition) is 2. The van der Waals surface area contributed by atoms with E-state index in [1.54, 1.807) is 24.4 Å². The Morgan fingerprint density at radius 3 is 2.43 bits per heavy atom. The molecule has 0 spiro atoms. The number of anilines is 2. The van der Waals surface area contributed by atoms with Crippen molar-refractivity contribution < 1.29 is 0 Å². The van der Waals surface area contributed by atoms with Crippen molar-refractivity contribution in [3.8, 4) is 5.69 Å². The fourth-order valence-corrected chi connectivity index (χ4v) is 2.58. The molecule has 0 fully saturated rings. The Bertz CT molecular complexity index is 875. The molecule has 0 bridgehead atoms. The van der Waals surface area contributed by atoms with Gasteiger partial charge in [0.15, 0.2) is 0 Å². The highest BCUT2D eigenvalue weighted by atomic mass is 35.5. The summed E-state index contributed by atoms with van der Waals surface area (Å²) in [4.78, 5) is 12.7. The van der Waals surface area contributed by atoms with Gasteiger partial charge in [-0.15, -0.1) is 0 Å². The number of hydrogen-bond acceptors (Lipinski definition) is 3. The van der Waals surface area contributed by atoms with Crippen LogP contribution in [-0.2, 0) is 6.54 Å². The number of benzene rings is 2. The second-order valence-corrected chi connectivity index (χ2v) is 5.52. The van der Waals surface area contributed by atoms with E-state index >= 15 is 0 Å². The van der Waals surface area contributed by atoms with Crippen LogP contribution in [0.3, 0.4) is 0 Å². The zero-order chi connectivity index (χ0) is 16.2. The molecule has 2 aromatic carbocycles. The third-order valence-corrected chi connectivity index (χ3v) is 3.87. The highest BCUT2D eigenvalue weighted by molar-refractivity contribution is 6.32. The molecule has 5 heteroatoms. The number of rotatable bonds is 4. The van der Waals surface area contributed by atoms with Gasteiger partial charge in [0.05, 0.1) is 16.4 Å². The lowest BCUT2D eigenvalue weighted by Crippen LogP contribution is -2.23. The molecular formula is C18H16ClN3O. The Labute approximate surface area is 139 Å². The van der Waals surface area contributed by atoms with Crippen LogP contribution in [0.5, 0.6) is 0 Å². The minimum atomic E-state index is -0.228. The quantitative estimate of drug-likeness (QED) is 0.769. The molecule has 0 saturated carbocycles. The SMILES string of the molecule is Nc1ccn(-c2ccccc2Cl)c(=O)c1NCc1ccccc1. The highest BCUT2D eigenvalue weighted by Crippen LogP contribution is 2.21. The average Bonchev–Trinajstić information content (AvgIpc) is 2.57. The first-order valence-electron chi connectivity index (χ1n) is 7.20. The maximum Gasteiger partial charge on any atom is 0.280 e. The monoisotopic (exact) mass is 325 g/mol. The fraction of sp³-hybridized carbons (Fsp3) is 0.0556. The van der Waals surface area contributed by atoms with Crippen molar-refractivity contribution in [2.75, 3.05) is 11.1 Å². The Morgan fingerprint density at radius 1 is 1.00 bits per heavy atom. The Hall–Kier alpha value is -2.72. The molecule has 0 amide bonds. The van der Waals surface area contributed by atoms with E-state index in [2.05, 4.69) is 5.32 Å². The second-order valence-electron chi connectivity index (χ2n) is 5.11. The number of para-hydroxylation sites is 1. The summed E-state index contributed by atoms with van der Waals surface area (Å²) in [5.41, 5.74) is 8.21. The number of pyridine rings is 1. The van der Waals surface area contributed by atoms with E-state index in [0.29, 0.717) is 28.6 Å². The van der Waals surface area contributed by atoms with Crippen LogP contribution in [0.15, 0.2) is 71.7 Å². The van der Waals surface area contributed by atoms with Crippen LogP contribution in [-0.4, -0.2) is 4.57 Å². The van der Waals surface area contributed by atoms with Gasteiger partial charge in [0.25, 0.3) is 5.56 Å². The Morgan fingerprint density at radius 2 is 1.70 bits per heavy atom. The van der Waals surface area contributed by atoms with E-state index in [0.717, 1.165) is 5.56 Å². The number of halogens is 1. The van der Waals surface area contributed by atoms with Gasteiger partial charge in [-0.3, -0.25) is 9.36 Å². The van der Waals surface area contributed by atoms with Crippen molar-refractivity contribution in [1.82, 2.24) is 4.57 Å². The molecule has 3 rings (SSSR count). The summed E-state index contributed by atoms with van der Waals surface area (Å²) < 4.78 is 1.49. The van der Waals surface area contributed by atoms with Crippen LogP contribution in [0.1, 0.15) is 5.56 Å². The first-order valence-corrected chi connectivity index (χ1v) is 7.58. The molecule has 0 saturated heterocycles. The van der Waals surface area contributed by atoms with Crippen LogP contribution in [0.2, 0.25) is 5.02 Å². The molecule has 0 aliphatic rings. The molecule has 0 aliphatic carbocycles. The van der Waals surface area contributed by atoms with Gasteiger partial charge in [0.1, 0.15) is 5.69 Å². The van der Waals surface area contributed by atoms with Crippen molar-refractivity contribution in [3.63, 3.8) is 0 Å². The van der Waals surface area contributed by atoms with Crippen LogP contribution in [0, 0.1) is 0 Å². The maximum absolute atomic E-state index is 12.7. The minimum Gasteiger partial charge on any atom is -0.397 e. The summed E-state index contributed by atoms with van der Waals surface area (Å²) in [6.45, 7) is 0.521. The number of nitrogens with one attached hydrogen (secondary N) is 1. The van der Waals surface area contributed by atoms with Gasteiger partial charge in [0.2, 0.25) is 0 Å². The highest BCUT2D eigenvalue weighted by Gasteiger charge is 2.11. The lowest BCUT2D eigenvalue weighted by molar-refractivity contribution is 0.983. The largest absolute Gasteiger partial charge is 0.397 e. The Kier molecular flexibility index (Phi) is 4.35. The predicted octanol–water partition coefficient (Wildman–Crippen LogP) is 3.69. The zero-order valence-electron chi connectivity index (χ0n) is 12.4. The molecule has 3 N–H and O–H groups in total. The van der Waals surface area contributed by atoms with Gasteiger partial charge in [-0.2, -0.15) is 0 Å². The van der Waals surface area contributed by atoms with Gasteiger partial charge in [0, 0.05) is 12.7 Å². The second kappa shape index (κ2) is 6.58. The molecule has 116 valence electrons. The number of aromatic nitrogens is 1. The molecule has 0 atom stereocenters. The third-order valence-electron chi connectivity index (χ3n) is 3.55. The standard InChI is InChI=1S/C18H16ClN3O/c19-14-8-4-5-9-16(14)22-11-10-15(20)17(18(22)23)21-12-13-6-2-1-3-7-13/h1-11,21H,12,20H2. The lowest BCUT2D eigenvalue weighted by Gasteiger charge is -2.13. The predicted molar refractivity (Wildman–Crippen MR) is 95.2 cm³/mol. The summed E-state index contributed by atoms with van der Waals surface area (Å²) in [6.07, 6.45) is 1.63. The first kappa shape index (κ1) is 15.2. The molecule has 0 aliphatic heterocycles. The lowest BCUT2D eigenvalue weighted by atomic mass is 10.2. The van der Waals surface area contributed by atoms with Gasteiger partial charge in [-0.25, -0.2) is 0 Å². The van der Waals surface area contributed by atoms with Crippen molar-refractivity contribution in [3.05, 3.63) is 87.8 Å². The molecule has 4 nitrogen and oxygen atoms in total. The summed E-state index contributed by atoms with van der Waals surface area (Å²) in [5, 5.41) is 3.63. The summed E-state index contributed by atoms with van der Waals surface area (Å²) in [5.74, 6) is 0. The maximum atomic E-state index is 12.7. The van der Waals surface area contributed by atoms with E-state index < -0.39 is 0 Å². The van der Waals surface area contributed by atoms with Gasteiger partial charge >= 0.3 is 0 Å². The van der Waals surface area contributed by atoms with Gasteiger partial charge in [-0.1, -0.05) is 54.1 Å². The fourth-order valence-electron chi connectivity index (χ4n) is 2.35. The molecule has 3 aromatic rings. The van der Waals surface area contributed by atoms with Crippen LogP contribution in [0.4, 0.5) is 11.4 Å². The zero-order valence-corrected chi connectivity index (χ0v) is 13.1. The number of nitrogens with two attached hydrogens (primary N) is 1. The van der Waals surface area contributed by atoms with Crippen molar-refractivity contribution in [2.24, 2.45) is 0 Å². The third kappa shape index (κ3) is 3.22. The van der Waals surface area contributed by atoms with Gasteiger partial charge in [-0.05, 0) is 23.8 Å². The topological polar surface area (TPSA) is 60.0 Å². The average molecular weight is 326 g/mol. The van der Waals surface area contributed by atoms with Crippen molar-refractivity contribution in [1.29, 1.82) is 0 Å². The minimum absolute atomic E-state index is 0.228. The first-order chi connectivity index (χ1) is 11.2. The summed E-state index contributed by atoms with van der Waals surface area (Å²) in [6, 6.07) is 18.7. The van der Waals surface area contributed by atoms with E-state index in [1.165, 1.54) is 4.57 Å². The van der Waals surface area contributed by atoms with Crippen LogP contribution < -0.4 is 16.6 Å². The summed E-state index contributed by atoms with van der Waals surface area (Å²) in [7, 11) is 0. The van der Waals surface area contributed by atoms with Gasteiger partial charge < -0.3 is 11.1 Å². The Balaban J connectivity index is 1.97. The van der Waals surface area contributed by atoms with Crippen LogP contribution in [0.25, 0.3) is 5.69 Å². The van der Waals surface area contributed by atoms with Crippen molar-refractivity contribution >= 4 is 23.0 Å². The number of nitrogen functional groups attached to an aromatic ring is 1. The van der Waals surface area contributed by atoms with E-state index in [-0.39, 0.29) is 5.56 Å². The van der Waals surface area contributed by atoms with E-state index in [9.17, 15) is 4.79 Å².